The lowest BCUT2D eigenvalue weighted by Crippen LogP contribution is -2.48. The summed E-state index contributed by atoms with van der Waals surface area (Å²) < 4.78 is 5.97. The topological polar surface area (TPSA) is 29.5 Å². The van der Waals surface area contributed by atoms with Gasteiger partial charge < -0.3 is 4.74 Å². The zero-order chi connectivity index (χ0) is 17.3. The van der Waals surface area contributed by atoms with Crippen LogP contribution in [0.15, 0.2) is 11.1 Å². The molecule has 2 aliphatic carbocycles. The molecule has 1 heterocycles. The van der Waals surface area contributed by atoms with Crippen molar-refractivity contribution in [1.29, 1.82) is 0 Å². The molecule has 3 heteroatoms. The molecule has 136 valence electrons. The molecular weight excluding hydrogens is 298 g/mol. The van der Waals surface area contributed by atoms with Gasteiger partial charge in [-0.3, -0.25) is 9.69 Å². The van der Waals surface area contributed by atoms with Crippen molar-refractivity contribution in [3.63, 3.8) is 0 Å². The van der Waals surface area contributed by atoms with Gasteiger partial charge in [0.05, 0.1) is 5.41 Å². The maximum Gasteiger partial charge on any atom is 0.311 e. The van der Waals surface area contributed by atoms with Crippen LogP contribution in [-0.4, -0.2) is 36.1 Å². The highest BCUT2D eigenvalue weighted by Crippen LogP contribution is 2.44. The molecule has 1 saturated heterocycles. The fraction of sp³-hybridized carbons (Fsp3) is 0.857. The maximum atomic E-state index is 12.4. The Kier molecular flexibility index (Phi) is 5.39. The van der Waals surface area contributed by atoms with Crippen LogP contribution in [-0.2, 0) is 9.53 Å². The summed E-state index contributed by atoms with van der Waals surface area (Å²) in [6.07, 6.45) is 9.80. The number of carbonyl (C=O) groups is 1. The van der Waals surface area contributed by atoms with Crippen LogP contribution in [0.5, 0.6) is 0 Å². The van der Waals surface area contributed by atoms with E-state index in [-0.39, 0.29) is 12.1 Å². The van der Waals surface area contributed by atoms with Gasteiger partial charge in [-0.2, -0.15) is 0 Å². The molecular formula is C21H35NO2. The van der Waals surface area contributed by atoms with Crippen LogP contribution in [0.3, 0.4) is 0 Å². The summed E-state index contributed by atoms with van der Waals surface area (Å²) in [4.78, 5) is 15.1. The Balaban J connectivity index is 1.76. The molecule has 0 amide bonds. The van der Waals surface area contributed by atoms with E-state index in [0.717, 1.165) is 18.4 Å². The van der Waals surface area contributed by atoms with Crippen LogP contribution in [0.2, 0.25) is 0 Å². The standard InChI is InChI=1S/C21H35NO2/c1-5-11-22-12-7-9-16-13-17-15(14-18(16)22)8-6-10-19(17)24-20(23)21(2,3)4/h16,18-19H,5-14H2,1-4H3. The molecule has 3 nitrogen and oxygen atoms in total. The normalized spacial score (nSPS) is 31.4. The van der Waals surface area contributed by atoms with E-state index in [1.54, 1.807) is 5.57 Å². The lowest BCUT2D eigenvalue weighted by Gasteiger charge is -2.47. The van der Waals surface area contributed by atoms with E-state index in [9.17, 15) is 4.79 Å². The summed E-state index contributed by atoms with van der Waals surface area (Å²) in [5.74, 6) is 0.734. The van der Waals surface area contributed by atoms with Gasteiger partial charge in [0.15, 0.2) is 0 Å². The maximum absolute atomic E-state index is 12.4. The first-order valence-electron chi connectivity index (χ1n) is 10.1. The number of fused-ring (bicyclic) bond motifs is 1. The smallest absolute Gasteiger partial charge is 0.311 e. The summed E-state index contributed by atoms with van der Waals surface area (Å²) in [6.45, 7) is 10.7. The molecule has 0 aromatic rings. The van der Waals surface area contributed by atoms with Gasteiger partial charge in [0.25, 0.3) is 0 Å². The lowest BCUT2D eigenvalue weighted by atomic mass is 9.70. The van der Waals surface area contributed by atoms with E-state index in [4.69, 9.17) is 4.74 Å². The van der Waals surface area contributed by atoms with Crippen LogP contribution in [0.4, 0.5) is 0 Å². The van der Waals surface area contributed by atoms with Crippen molar-refractivity contribution in [2.75, 3.05) is 13.1 Å². The summed E-state index contributed by atoms with van der Waals surface area (Å²) >= 11 is 0. The molecule has 24 heavy (non-hydrogen) atoms. The first-order valence-corrected chi connectivity index (χ1v) is 10.1. The second kappa shape index (κ2) is 7.19. The van der Waals surface area contributed by atoms with Gasteiger partial charge in [-0.05, 0) is 96.7 Å². The summed E-state index contributed by atoms with van der Waals surface area (Å²) in [5, 5.41) is 0. The van der Waals surface area contributed by atoms with Crippen LogP contribution in [0, 0.1) is 11.3 Å². The van der Waals surface area contributed by atoms with Gasteiger partial charge in [-0.1, -0.05) is 12.5 Å². The van der Waals surface area contributed by atoms with Crippen molar-refractivity contribution in [3.05, 3.63) is 11.1 Å². The molecule has 0 aromatic carbocycles. The van der Waals surface area contributed by atoms with Crippen molar-refractivity contribution in [3.8, 4) is 0 Å². The van der Waals surface area contributed by atoms with Gasteiger partial charge in [-0.15, -0.1) is 0 Å². The Hall–Kier alpha value is -0.830. The molecule has 0 spiro atoms. The highest BCUT2D eigenvalue weighted by Gasteiger charge is 2.40. The highest BCUT2D eigenvalue weighted by molar-refractivity contribution is 5.75. The van der Waals surface area contributed by atoms with Crippen LogP contribution in [0.25, 0.3) is 0 Å². The molecule has 1 aliphatic heterocycles. The molecule has 0 N–H and O–H groups in total. The second-order valence-electron chi connectivity index (χ2n) is 9.08. The van der Waals surface area contributed by atoms with Gasteiger partial charge in [0.1, 0.15) is 6.10 Å². The van der Waals surface area contributed by atoms with Gasteiger partial charge in [-0.25, -0.2) is 0 Å². The minimum absolute atomic E-state index is 0.0420. The lowest BCUT2D eigenvalue weighted by molar-refractivity contribution is -0.157. The third-order valence-electron chi connectivity index (χ3n) is 6.13. The van der Waals surface area contributed by atoms with Crippen molar-refractivity contribution < 1.29 is 9.53 Å². The van der Waals surface area contributed by atoms with E-state index in [1.807, 2.05) is 20.8 Å². The van der Waals surface area contributed by atoms with Crippen molar-refractivity contribution in [2.24, 2.45) is 11.3 Å². The van der Waals surface area contributed by atoms with E-state index < -0.39 is 5.41 Å². The number of hydrogen-bond acceptors (Lipinski definition) is 3. The third kappa shape index (κ3) is 3.71. The van der Waals surface area contributed by atoms with Crippen LogP contribution < -0.4 is 0 Å². The summed E-state index contributed by atoms with van der Waals surface area (Å²) in [7, 11) is 0. The predicted molar refractivity (Wildman–Crippen MR) is 97.8 cm³/mol. The fourth-order valence-corrected chi connectivity index (χ4v) is 4.85. The third-order valence-corrected chi connectivity index (χ3v) is 6.13. The first-order chi connectivity index (χ1) is 11.4. The second-order valence-corrected chi connectivity index (χ2v) is 9.08. The molecule has 0 aromatic heterocycles. The number of carbonyl (C=O) groups excluding carboxylic acids is 1. The minimum atomic E-state index is -0.405. The number of rotatable bonds is 3. The van der Waals surface area contributed by atoms with E-state index in [2.05, 4.69) is 11.8 Å². The summed E-state index contributed by atoms with van der Waals surface area (Å²) in [6, 6.07) is 0.745. The SMILES string of the molecule is CCCN1CCCC2CC3=C(CCCC3OC(=O)C(C)(C)C)CC21. The van der Waals surface area contributed by atoms with Crippen LogP contribution in [0.1, 0.15) is 79.1 Å². The monoisotopic (exact) mass is 333 g/mol. The number of likely N-dealkylation sites (tertiary alicyclic amines) is 1. The Labute approximate surface area is 147 Å². The van der Waals surface area contributed by atoms with Crippen molar-refractivity contribution in [2.45, 2.75) is 91.2 Å². The minimum Gasteiger partial charge on any atom is -0.457 e. The molecule has 1 fully saturated rings. The summed E-state index contributed by atoms with van der Waals surface area (Å²) in [5.41, 5.74) is 2.72. The molecule has 3 rings (SSSR count). The average molecular weight is 334 g/mol. The zero-order valence-electron chi connectivity index (χ0n) is 16.1. The number of ether oxygens (including phenoxy) is 1. The molecule has 3 unspecified atom stereocenters. The molecule has 0 saturated carbocycles. The average Bonchev–Trinajstić information content (AvgIpc) is 2.53. The molecule has 0 bridgehead atoms. The van der Waals surface area contributed by atoms with Crippen molar-refractivity contribution in [1.82, 2.24) is 4.90 Å². The molecule has 0 radical (unpaired) electrons. The number of piperidine rings is 1. The van der Waals surface area contributed by atoms with Gasteiger partial charge in [0.2, 0.25) is 0 Å². The molecule has 3 atom stereocenters. The predicted octanol–water partition coefficient (Wildman–Crippen LogP) is 4.71. The first kappa shape index (κ1) is 18.0. The Morgan fingerprint density at radius 2 is 2.00 bits per heavy atom. The number of nitrogens with zero attached hydrogens (tertiary/aromatic N) is 1. The highest BCUT2D eigenvalue weighted by atomic mass is 16.5. The Bertz CT molecular complexity index is 500. The van der Waals surface area contributed by atoms with E-state index in [0.29, 0.717) is 0 Å². The quantitative estimate of drug-likeness (QED) is 0.553. The Morgan fingerprint density at radius 3 is 2.71 bits per heavy atom. The Morgan fingerprint density at radius 1 is 1.21 bits per heavy atom. The largest absolute Gasteiger partial charge is 0.457 e. The van der Waals surface area contributed by atoms with Gasteiger partial charge >= 0.3 is 5.97 Å². The van der Waals surface area contributed by atoms with E-state index in [1.165, 1.54) is 63.6 Å². The molecule has 3 aliphatic rings. The van der Waals surface area contributed by atoms with Gasteiger partial charge in [0, 0.05) is 6.04 Å². The zero-order valence-corrected chi connectivity index (χ0v) is 16.1. The fourth-order valence-electron chi connectivity index (χ4n) is 4.85. The number of esters is 1. The van der Waals surface area contributed by atoms with Crippen LogP contribution >= 0.6 is 0 Å². The number of hydrogen-bond donors (Lipinski definition) is 0. The van der Waals surface area contributed by atoms with E-state index >= 15 is 0 Å². The van der Waals surface area contributed by atoms with Crippen molar-refractivity contribution >= 4 is 5.97 Å².